The van der Waals surface area contributed by atoms with Crippen LogP contribution in [0.1, 0.15) is 39.4 Å². The Labute approximate surface area is 150 Å². The molecule has 22 heavy (non-hydrogen) atoms. The van der Waals surface area contributed by atoms with E-state index in [1.807, 2.05) is 11.5 Å². The van der Waals surface area contributed by atoms with E-state index < -0.39 is 0 Å². The number of nitrogens with one attached hydrogen (secondary N) is 2. The SMILES string of the molecule is CCNC(=NCc1nncn1CC)NCCCCOCC.I. The van der Waals surface area contributed by atoms with Gasteiger partial charge < -0.3 is 19.9 Å². The molecule has 0 saturated heterocycles. The first-order chi connectivity index (χ1) is 10.3. The van der Waals surface area contributed by atoms with Crippen molar-refractivity contribution < 1.29 is 4.74 Å². The maximum atomic E-state index is 5.32. The predicted octanol–water partition coefficient (Wildman–Crippen LogP) is 1.79. The smallest absolute Gasteiger partial charge is 0.191 e. The number of ether oxygens (including phenoxy) is 1. The van der Waals surface area contributed by atoms with Gasteiger partial charge in [-0.3, -0.25) is 0 Å². The number of hydrogen-bond acceptors (Lipinski definition) is 4. The van der Waals surface area contributed by atoms with Crippen LogP contribution in [0.25, 0.3) is 0 Å². The number of halogens is 1. The van der Waals surface area contributed by atoms with Gasteiger partial charge in [0.1, 0.15) is 12.9 Å². The van der Waals surface area contributed by atoms with Crippen LogP contribution < -0.4 is 10.6 Å². The molecule has 0 radical (unpaired) electrons. The van der Waals surface area contributed by atoms with Crippen molar-refractivity contribution in [2.45, 2.75) is 46.7 Å². The Hall–Kier alpha value is -0.900. The van der Waals surface area contributed by atoms with Crippen LogP contribution >= 0.6 is 24.0 Å². The van der Waals surface area contributed by atoms with Crippen LogP contribution in [0.2, 0.25) is 0 Å². The first-order valence-corrected chi connectivity index (χ1v) is 7.78. The maximum absolute atomic E-state index is 5.32. The number of hydrogen-bond donors (Lipinski definition) is 2. The van der Waals surface area contributed by atoms with Gasteiger partial charge in [0.2, 0.25) is 0 Å². The number of aryl methyl sites for hydroxylation is 1. The van der Waals surface area contributed by atoms with Gasteiger partial charge in [-0.05, 0) is 33.6 Å². The summed E-state index contributed by atoms with van der Waals surface area (Å²) in [5.74, 6) is 1.70. The summed E-state index contributed by atoms with van der Waals surface area (Å²) in [5, 5.41) is 14.6. The van der Waals surface area contributed by atoms with E-state index in [0.717, 1.165) is 57.5 Å². The van der Waals surface area contributed by atoms with Crippen LogP contribution in [0.15, 0.2) is 11.3 Å². The number of aromatic nitrogens is 3. The molecule has 7 nitrogen and oxygen atoms in total. The van der Waals surface area contributed by atoms with Crippen LogP contribution in [-0.2, 0) is 17.8 Å². The lowest BCUT2D eigenvalue weighted by atomic mass is 10.3. The summed E-state index contributed by atoms with van der Waals surface area (Å²) in [6.07, 6.45) is 3.86. The monoisotopic (exact) mass is 424 g/mol. The molecule has 0 fully saturated rings. The van der Waals surface area contributed by atoms with Crippen molar-refractivity contribution in [3.8, 4) is 0 Å². The molecule has 1 aromatic heterocycles. The van der Waals surface area contributed by atoms with Crippen LogP contribution in [0.3, 0.4) is 0 Å². The van der Waals surface area contributed by atoms with Crippen LogP contribution in [0.5, 0.6) is 0 Å². The fourth-order valence-corrected chi connectivity index (χ4v) is 1.84. The Morgan fingerprint density at radius 2 is 2.09 bits per heavy atom. The molecule has 0 saturated carbocycles. The molecule has 1 heterocycles. The Morgan fingerprint density at radius 1 is 1.27 bits per heavy atom. The lowest BCUT2D eigenvalue weighted by Crippen LogP contribution is -2.37. The Morgan fingerprint density at radius 3 is 2.77 bits per heavy atom. The number of nitrogens with zero attached hydrogens (tertiary/aromatic N) is 4. The molecule has 0 aromatic carbocycles. The van der Waals surface area contributed by atoms with E-state index in [0.29, 0.717) is 6.54 Å². The molecule has 0 amide bonds. The number of rotatable bonds is 10. The van der Waals surface area contributed by atoms with Crippen molar-refractivity contribution in [3.63, 3.8) is 0 Å². The van der Waals surface area contributed by atoms with Gasteiger partial charge in [0.15, 0.2) is 11.8 Å². The normalized spacial score (nSPS) is 11.1. The molecule has 0 aliphatic heterocycles. The summed E-state index contributed by atoms with van der Waals surface area (Å²) in [5.41, 5.74) is 0. The second-order valence-corrected chi connectivity index (χ2v) is 4.56. The fraction of sp³-hybridized carbons (Fsp3) is 0.786. The summed E-state index contributed by atoms with van der Waals surface area (Å²) in [6.45, 7) is 10.9. The topological polar surface area (TPSA) is 76.4 Å². The lowest BCUT2D eigenvalue weighted by Gasteiger charge is -2.11. The molecule has 0 unspecified atom stereocenters. The van der Waals surface area contributed by atoms with E-state index in [2.05, 4.69) is 39.7 Å². The minimum Gasteiger partial charge on any atom is -0.382 e. The second kappa shape index (κ2) is 13.7. The van der Waals surface area contributed by atoms with Gasteiger partial charge in [0.05, 0.1) is 0 Å². The van der Waals surface area contributed by atoms with Crippen LogP contribution in [0, 0.1) is 0 Å². The average molecular weight is 424 g/mol. The van der Waals surface area contributed by atoms with Crippen molar-refractivity contribution in [1.82, 2.24) is 25.4 Å². The summed E-state index contributed by atoms with van der Waals surface area (Å²) >= 11 is 0. The van der Waals surface area contributed by atoms with Crippen molar-refractivity contribution >= 4 is 29.9 Å². The van der Waals surface area contributed by atoms with E-state index in [9.17, 15) is 0 Å². The zero-order chi connectivity index (χ0) is 15.3. The molecule has 2 N–H and O–H groups in total. The maximum Gasteiger partial charge on any atom is 0.191 e. The van der Waals surface area contributed by atoms with Crippen molar-refractivity contribution in [2.24, 2.45) is 4.99 Å². The summed E-state index contributed by atoms with van der Waals surface area (Å²) in [6, 6.07) is 0. The average Bonchev–Trinajstić information content (AvgIpc) is 2.95. The number of guanidine groups is 1. The van der Waals surface area contributed by atoms with Crippen molar-refractivity contribution in [1.29, 1.82) is 0 Å². The molecular weight excluding hydrogens is 395 g/mol. The highest BCUT2D eigenvalue weighted by Gasteiger charge is 2.02. The zero-order valence-electron chi connectivity index (χ0n) is 13.8. The van der Waals surface area contributed by atoms with E-state index >= 15 is 0 Å². The van der Waals surface area contributed by atoms with Crippen LogP contribution in [-0.4, -0.2) is 47.0 Å². The second-order valence-electron chi connectivity index (χ2n) is 4.56. The molecule has 1 rings (SSSR count). The first-order valence-electron chi connectivity index (χ1n) is 7.78. The molecule has 0 spiro atoms. The van der Waals surface area contributed by atoms with E-state index in [1.54, 1.807) is 6.33 Å². The molecule has 128 valence electrons. The molecule has 0 atom stereocenters. The van der Waals surface area contributed by atoms with E-state index in [4.69, 9.17) is 4.74 Å². The quantitative estimate of drug-likeness (QED) is 0.259. The summed E-state index contributed by atoms with van der Waals surface area (Å²) in [4.78, 5) is 4.54. The van der Waals surface area contributed by atoms with E-state index in [1.165, 1.54) is 0 Å². The standard InChI is InChI=1S/C14H28N6O.HI/c1-4-15-14(16-9-7-8-10-21-6-3)17-11-13-19-18-12-20(13)5-2;/h12H,4-11H2,1-3H3,(H2,15,16,17);1H. The molecular formula is C14H29IN6O. The van der Waals surface area contributed by atoms with Crippen molar-refractivity contribution in [3.05, 3.63) is 12.2 Å². The molecule has 8 heteroatoms. The fourth-order valence-electron chi connectivity index (χ4n) is 1.84. The van der Waals surface area contributed by atoms with Gasteiger partial charge in [-0.25, -0.2) is 4.99 Å². The summed E-state index contributed by atoms with van der Waals surface area (Å²) in [7, 11) is 0. The Bertz CT molecular complexity index is 410. The minimum atomic E-state index is 0. The van der Waals surface area contributed by atoms with Gasteiger partial charge in [-0.2, -0.15) is 0 Å². The number of aliphatic imine (C=N–C) groups is 1. The molecule has 1 aromatic rings. The van der Waals surface area contributed by atoms with Crippen molar-refractivity contribution in [2.75, 3.05) is 26.3 Å². The third-order valence-corrected chi connectivity index (χ3v) is 2.97. The van der Waals surface area contributed by atoms with Crippen LogP contribution in [0.4, 0.5) is 0 Å². The summed E-state index contributed by atoms with van der Waals surface area (Å²) < 4.78 is 7.31. The zero-order valence-corrected chi connectivity index (χ0v) is 16.2. The molecule has 0 bridgehead atoms. The van der Waals surface area contributed by atoms with Gasteiger partial charge in [-0.1, -0.05) is 0 Å². The Kier molecular flexibility index (Phi) is 13.2. The highest BCUT2D eigenvalue weighted by atomic mass is 127. The largest absolute Gasteiger partial charge is 0.382 e. The highest BCUT2D eigenvalue weighted by Crippen LogP contribution is 1.97. The van der Waals surface area contributed by atoms with E-state index in [-0.39, 0.29) is 24.0 Å². The van der Waals surface area contributed by atoms with Gasteiger partial charge in [0.25, 0.3) is 0 Å². The molecule has 0 aliphatic rings. The lowest BCUT2D eigenvalue weighted by molar-refractivity contribution is 0.143. The predicted molar refractivity (Wildman–Crippen MR) is 99.7 cm³/mol. The van der Waals surface area contributed by atoms with Gasteiger partial charge >= 0.3 is 0 Å². The van der Waals surface area contributed by atoms with Gasteiger partial charge in [-0.15, -0.1) is 34.2 Å². The molecule has 0 aliphatic carbocycles. The third kappa shape index (κ3) is 8.52. The highest BCUT2D eigenvalue weighted by molar-refractivity contribution is 14.0. The number of unbranched alkanes of at least 4 members (excludes halogenated alkanes) is 1. The first kappa shape index (κ1) is 21.1. The third-order valence-electron chi connectivity index (χ3n) is 2.97. The minimum absolute atomic E-state index is 0. The Balaban J connectivity index is 0.00000441. The van der Waals surface area contributed by atoms with Gasteiger partial charge in [0, 0.05) is 32.8 Å².